The van der Waals surface area contributed by atoms with Gasteiger partial charge in [-0.25, -0.2) is 13.2 Å². The minimum absolute atomic E-state index is 0.0268. The summed E-state index contributed by atoms with van der Waals surface area (Å²) in [5.74, 6) is -1.51. The maximum atomic E-state index is 12.9. The smallest absolute Gasteiger partial charge is 0.338 e. The second-order valence-corrected chi connectivity index (χ2v) is 9.81. The van der Waals surface area contributed by atoms with Gasteiger partial charge in [0, 0.05) is 36.5 Å². The fraction of sp³-hybridized carbons (Fsp3) is 0.364. The van der Waals surface area contributed by atoms with Crippen LogP contribution in [0.3, 0.4) is 0 Å². The largest absolute Gasteiger partial charge is 0.465 e. The lowest BCUT2D eigenvalue weighted by molar-refractivity contribution is -0.384. The summed E-state index contributed by atoms with van der Waals surface area (Å²) >= 11 is 0. The van der Waals surface area contributed by atoms with Crippen molar-refractivity contribution in [2.24, 2.45) is 0 Å². The number of benzene rings is 2. The number of methoxy groups -OCH3 is 1. The van der Waals surface area contributed by atoms with Crippen molar-refractivity contribution in [2.75, 3.05) is 19.5 Å². The number of rotatable bonds is 7. The van der Waals surface area contributed by atoms with Gasteiger partial charge < -0.3 is 10.1 Å². The second kappa shape index (κ2) is 10.1. The van der Waals surface area contributed by atoms with E-state index < -0.39 is 32.5 Å². The standard InChI is InChI=1S/C22H25N3O7S/c1-24(18-6-4-3-5-7-18)33(30,31)20-10-8-17(9-11-20)23-21(26)15-12-16(22(27)32-2)14-19(13-15)25(28)29/h8-14,18H,3-7H2,1-2H3,(H,23,26). The molecule has 1 fully saturated rings. The quantitative estimate of drug-likeness (QED) is 0.367. The van der Waals surface area contributed by atoms with Gasteiger partial charge >= 0.3 is 5.97 Å². The lowest BCUT2D eigenvalue weighted by atomic mass is 9.96. The molecule has 1 saturated carbocycles. The Labute approximate surface area is 191 Å². The molecule has 0 heterocycles. The summed E-state index contributed by atoms with van der Waals surface area (Å²) in [5.41, 5.74) is -0.386. The van der Waals surface area contributed by atoms with E-state index in [0.717, 1.165) is 51.3 Å². The van der Waals surface area contributed by atoms with Crippen LogP contribution in [0.15, 0.2) is 47.4 Å². The topological polar surface area (TPSA) is 136 Å². The molecular formula is C22H25N3O7S. The molecule has 0 saturated heterocycles. The normalized spacial score (nSPS) is 14.6. The van der Waals surface area contributed by atoms with Crippen LogP contribution in [0.1, 0.15) is 52.8 Å². The first-order valence-electron chi connectivity index (χ1n) is 10.4. The number of esters is 1. The number of hydrogen-bond acceptors (Lipinski definition) is 7. The highest BCUT2D eigenvalue weighted by Gasteiger charge is 2.29. The molecule has 2 aromatic rings. The van der Waals surface area contributed by atoms with Crippen LogP contribution in [-0.4, -0.2) is 49.7 Å². The first-order valence-corrected chi connectivity index (χ1v) is 11.8. The van der Waals surface area contributed by atoms with Crippen LogP contribution in [0.4, 0.5) is 11.4 Å². The Balaban J connectivity index is 1.78. The van der Waals surface area contributed by atoms with Gasteiger partial charge in [0.25, 0.3) is 11.6 Å². The summed E-state index contributed by atoms with van der Waals surface area (Å²) in [6.07, 6.45) is 4.79. The van der Waals surface area contributed by atoms with Gasteiger partial charge in [-0.3, -0.25) is 14.9 Å². The van der Waals surface area contributed by atoms with Crippen molar-refractivity contribution in [3.8, 4) is 0 Å². The van der Waals surface area contributed by atoms with Crippen LogP contribution in [0.2, 0.25) is 0 Å². The Hall–Kier alpha value is -3.31. The summed E-state index contributed by atoms with van der Waals surface area (Å²) in [4.78, 5) is 35.0. The lowest BCUT2D eigenvalue weighted by Crippen LogP contribution is -2.38. The molecule has 10 nitrogen and oxygen atoms in total. The maximum absolute atomic E-state index is 12.9. The van der Waals surface area contributed by atoms with Gasteiger partial charge in [-0.15, -0.1) is 0 Å². The number of anilines is 1. The first-order chi connectivity index (χ1) is 15.6. The van der Waals surface area contributed by atoms with E-state index in [-0.39, 0.29) is 22.1 Å². The highest BCUT2D eigenvalue weighted by Crippen LogP contribution is 2.27. The Kier molecular flexibility index (Phi) is 7.44. The molecule has 33 heavy (non-hydrogen) atoms. The fourth-order valence-electron chi connectivity index (χ4n) is 3.80. The number of sulfonamides is 1. The molecule has 0 bridgehead atoms. The van der Waals surface area contributed by atoms with E-state index in [9.17, 15) is 28.1 Å². The van der Waals surface area contributed by atoms with Crippen molar-refractivity contribution in [1.82, 2.24) is 4.31 Å². The first kappa shape index (κ1) is 24.3. The summed E-state index contributed by atoms with van der Waals surface area (Å²) in [5, 5.41) is 13.7. The van der Waals surface area contributed by atoms with Crippen LogP contribution in [0, 0.1) is 10.1 Å². The fourth-order valence-corrected chi connectivity index (χ4v) is 5.22. The number of amides is 1. The number of nitrogens with one attached hydrogen (secondary N) is 1. The van der Waals surface area contributed by atoms with E-state index in [2.05, 4.69) is 10.1 Å². The molecule has 176 valence electrons. The summed E-state index contributed by atoms with van der Waals surface area (Å²) in [7, 11) is -0.962. The summed E-state index contributed by atoms with van der Waals surface area (Å²) < 4.78 is 31.9. The Morgan fingerprint density at radius 1 is 1.06 bits per heavy atom. The van der Waals surface area contributed by atoms with E-state index in [1.165, 1.54) is 34.6 Å². The third-order valence-electron chi connectivity index (χ3n) is 5.69. The molecule has 2 aromatic carbocycles. The van der Waals surface area contributed by atoms with Crippen molar-refractivity contribution in [1.29, 1.82) is 0 Å². The molecule has 1 N–H and O–H groups in total. The third kappa shape index (κ3) is 5.55. The van der Waals surface area contributed by atoms with Crippen molar-refractivity contribution >= 4 is 33.3 Å². The highest BCUT2D eigenvalue weighted by molar-refractivity contribution is 7.89. The number of hydrogen-bond donors (Lipinski definition) is 1. The van der Waals surface area contributed by atoms with Gasteiger partial charge in [-0.1, -0.05) is 19.3 Å². The SMILES string of the molecule is COC(=O)c1cc(C(=O)Nc2ccc(S(=O)(=O)N(C)C3CCCCC3)cc2)cc([N+](=O)[O-])c1. The number of carbonyl (C=O) groups excluding carboxylic acids is 2. The molecule has 0 unspecified atom stereocenters. The van der Waals surface area contributed by atoms with E-state index in [1.54, 1.807) is 7.05 Å². The van der Waals surface area contributed by atoms with E-state index >= 15 is 0 Å². The van der Waals surface area contributed by atoms with Crippen LogP contribution in [0.5, 0.6) is 0 Å². The zero-order chi connectivity index (χ0) is 24.2. The van der Waals surface area contributed by atoms with Gasteiger partial charge in [0.05, 0.1) is 22.5 Å². The summed E-state index contributed by atoms with van der Waals surface area (Å²) in [6.45, 7) is 0. The number of nitro groups is 1. The predicted molar refractivity (Wildman–Crippen MR) is 121 cm³/mol. The van der Waals surface area contributed by atoms with E-state index in [1.807, 2.05) is 0 Å². The zero-order valence-electron chi connectivity index (χ0n) is 18.3. The number of nitro benzene ring substituents is 1. The molecule has 0 spiro atoms. The van der Waals surface area contributed by atoms with Gasteiger partial charge in [0.15, 0.2) is 0 Å². The van der Waals surface area contributed by atoms with Crippen molar-refractivity contribution < 1.29 is 27.7 Å². The van der Waals surface area contributed by atoms with Crippen LogP contribution in [0.25, 0.3) is 0 Å². The Morgan fingerprint density at radius 3 is 2.24 bits per heavy atom. The van der Waals surface area contributed by atoms with Gasteiger partial charge in [-0.2, -0.15) is 4.31 Å². The number of nitrogens with zero attached hydrogens (tertiary/aromatic N) is 2. The predicted octanol–water partition coefficient (Wildman–Crippen LogP) is 3.59. The molecule has 0 radical (unpaired) electrons. The molecule has 11 heteroatoms. The van der Waals surface area contributed by atoms with E-state index in [4.69, 9.17) is 0 Å². The lowest BCUT2D eigenvalue weighted by Gasteiger charge is -2.30. The molecular weight excluding hydrogens is 450 g/mol. The Morgan fingerprint density at radius 2 is 1.67 bits per heavy atom. The van der Waals surface area contributed by atoms with Crippen molar-refractivity contribution in [2.45, 2.75) is 43.0 Å². The zero-order valence-corrected chi connectivity index (χ0v) is 19.1. The molecule has 0 aliphatic heterocycles. The maximum Gasteiger partial charge on any atom is 0.338 e. The molecule has 1 aliphatic carbocycles. The minimum Gasteiger partial charge on any atom is -0.465 e. The second-order valence-electron chi connectivity index (χ2n) is 7.81. The van der Waals surface area contributed by atoms with Gasteiger partial charge in [-0.05, 0) is 43.2 Å². The minimum atomic E-state index is -3.67. The van der Waals surface area contributed by atoms with Gasteiger partial charge in [0.1, 0.15) is 0 Å². The van der Waals surface area contributed by atoms with Crippen molar-refractivity contribution in [3.05, 3.63) is 63.7 Å². The summed E-state index contributed by atoms with van der Waals surface area (Å²) in [6, 6.07) is 8.91. The molecule has 1 amide bonds. The molecule has 0 atom stereocenters. The van der Waals surface area contributed by atoms with Gasteiger partial charge in [0.2, 0.25) is 10.0 Å². The third-order valence-corrected chi connectivity index (χ3v) is 7.61. The molecule has 1 aliphatic rings. The number of non-ortho nitro benzene ring substituents is 1. The average molecular weight is 476 g/mol. The van der Waals surface area contributed by atoms with Crippen LogP contribution >= 0.6 is 0 Å². The van der Waals surface area contributed by atoms with Crippen LogP contribution < -0.4 is 5.32 Å². The highest BCUT2D eigenvalue weighted by atomic mass is 32.2. The average Bonchev–Trinajstić information content (AvgIpc) is 2.83. The number of ether oxygens (including phenoxy) is 1. The van der Waals surface area contributed by atoms with Crippen molar-refractivity contribution in [3.63, 3.8) is 0 Å². The Bertz CT molecular complexity index is 1160. The molecule has 0 aromatic heterocycles. The number of carbonyl (C=O) groups is 2. The van der Waals surface area contributed by atoms with Crippen LogP contribution in [-0.2, 0) is 14.8 Å². The molecule has 3 rings (SSSR count). The van der Waals surface area contributed by atoms with E-state index in [0.29, 0.717) is 5.69 Å². The monoisotopic (exact) mass is 475 g/mol.